The van der Waals surface area contributed by atoms with Crippen molar-refractivity contribution in [3.8, 4) is 6.07 Å². The first-order chi connectivity index (χ1) is 16.7. The lowest BCUT2D eigenvalue weighted by Gasteiger charge is -2.20. The molecule has 1 saturated heterocycles. The third-order valence-corrected chi connectivity index (χ3v) is 7.12. The summed E-state index contributed by atoms with van der Waals surface area (Å²) in [6.07, 6.45) is 7.87. The lowest BCUT2D eigenvalue weighted by Crippen LogP contribution is -2.26. The molecule has 3 aromatic heterocycles. The molecule has 0 radical (unpaired) electrons. The fourth-order valence-electron chi connectivity index (χ4n) is 5.34. The zero-order valence-electron chi connectivity index (χ0n) is 18.9. The van der Waals surface area contributed by atoms with Gasteiger partial charge in [0.05, 0.1) is 0 Å². The van der Waals surface area contributed by atoms with Crippen molar-refractivity contribution in [3.63, 3.8) is 0 Å². The first-order valence-corrected chi connectivity index (χ1v) is 12.0. The van der Waals surface area contributed by atoms with Crippen LogP contribution < -0.4 is 16.2 Å². The molecule has 1 saturated carbocycles. The normalized spacial score (nSPS) is 17.4. The Bertz CT molecular complexity index is 1470. The maximum absolute atomic E-state index is 13.0. The molecule has 2 N–H and O–H groups in total. The van der Waals surface area contributed by atoms with Crippen molar-refractivity contribution in [2.75, 3.05) is 18.4 Å². The first-order valence-electron chi connectivity index (χ1n) is 12.0. The Morgan fingerprint density at radius 1 is 1.09 bits per heavy atom. The second-order valence-electron chi connectivity index (χ2n) is 9.31. The minimum atomic E-state index is -0.267. The minimum absolute atomic E-state index is 0.0711. The number of benzene rings is 1. The number of rotatable bonds is 4. The van der Waals surface area contributed by atoms with Crippen LogP contribution in [-0.2, 0) is 0 Å². The molecule has 2 aliphatic rings. The highest BCUT2D eigenvalue weighted by atomic mass is 16.3. The Morgan fingerprint density at radius 2 is 1.91 bits per heavy atom. The zero-order chi connectivity index (χ0) is 23.1. The predicted octanol–water partition coefficient (Wildman–Crippen LogP) is 4.74. The van der Waals surface area contributed by atoms with Crippen molar-refractivity contribution in [2.45, 2.75) is 50.5 Å². The van der Waals surface area contributed by atoms with Gasteiger partial charge in [0.25, 0.3) is 5.56 Å². The smallest absolute Gasteiger partial charge is 0.270 e. The molecular weight excluding hydrogens is 428 g/mol. The van der Waals surface area contributed by atoms with E-state index in [1.165, 1.54) is 0 Å². The van der Waals surface area contributed by atoms with Crippen molar-refractivity contribution in [2.24, 2.45) is 0 Å². The molecule has 1 aliphatic carbocycles. The van der Waals surface area contributed by atoms with Gasteiger partial charge in [0.1, 0.15) is 28.6 Å². The lowest BCUT2D eigenvalue weighted by atomic mass is 9.95. The van der Waals surface area contributed by atoms with Crippen LogP contribution in [0, 0.1) is 11.3 Å². The highest BCUT2D eigenvalue weighted by Gasteiger charge is 2.23. The van der Waals surface area contributed by atoms with Crippen LogP contribution >= 0.6 is 0 Å². The highest BCUT2D eigenvalue weighted by molar-refractivity contribution is 5.83. The molecule has 0 bridgehead atoms. The van der Waals surface area contributed by atoms with Gasteiger partial charge >= 0.3 is 0 Å². The van der Waals surface area contributed by atoms with Gasteiger partial charge in [0.15, 0.2) is 0 Å². The molecule has 6 rings (SSSR count). The number of hydrogen-bond acceptors (Lipinski definition) is 7. The summed E-state index contributed by atoms with van der Waals surface area (Å²) in [6, 6.07) is 11.8. The second kappa shape index (κ2) is 8.58. The summed E-state index contributed by atoms with van der Waals surface area (Å²) in [5.74, 6) is 1.92. The van der Waals surface area contributed by atoms with E-state index in [1.54, 1.807) is 16.8 Å². The van der Waals surface area contributed by atoms with Crippen LogP contribution in [0.25, 0.3) is 22.0 Å². The van der Waals surface area contributed by atoms with Gasteiger partial charge in [0, 0.05) is 34.6 Å². The molecule has 34 heavy (non-hydrogen) atoms. The Hall–Kier alpha value is -3.70. The summed E-state index contributed by atoms with van der Waals surface area (Å²) in [6.45, 7) is 2.05. The summed E-state index contributed by atoms with van der Waals surface area (Å²) in [7, 11) is 0. The van der Waals surface area contributed by atoms with Gasteiger partial charge in [-0.15, -0.1) is 0 Å². The maximum atomic E-state index is 13.0. The van der Waals surface area contributed by atoms with Crippen LogP contribution in [-0.4, -0.2) is 27.6 Å². The van der Waals surface area contributed by atoms with Crippen molar-refractivity contribution >= 4 is 33.6 Å². The number of nitriles is 1. The Balaban J connectivity index is 1.35. The lowest BCUT2D eigenvalue weighted by molar-refractivity contribution is 0.397. The third kappa shape index (κ3) is 3.72. The first kappa shape index (κ1) is 20.9. The predicted molar refractivity (Wildman–Crippen MR) is 130 cm³/mol. The average molecular weight is 455 g/mol. The molecule has 172 valence electrons. The van der Waals surface area contributed by atoms with Gasteiger partial charge in [-0.05, 0) is 69.1 Å². The minimum Gasteiger partial charge on any atom is -0.461 e. The van der Waals surface area contributed by atoms with E-state index in [0.29, 0.717) is 22.9 Å². The number of fused-ring (bicyclic) bond motifs is 2. The molecule has 4 aromatic rings. The highest BCUT2D eigenvalue weighted by Crippen LogP contribution is 2.33. The monoisotopic (exact) mass is 454 g/mol. The number of nitrogens with zero attached hydrogens (tertiary/aromatic N) is 4. The van der Waals surface area contributed by atoms with E-state index in [9.17, 15) is 10.1 Å². The number of nitrogens with one attached hydrogen (secondary N) is 2. The second-order valence-corrected chi connectivity index (χ2v) is 9.31. The molecule has 2 fully saturated rings. The summed E-state index contributed by atoms with van der Waals surface area (Å²) in [5.41, 5.74) is 2.17. The fourth-order valence-corrected chi connectivity index (χ4v) is 5.34. The number of furan rings is 1. The van der Waals surface area contributed by atoms with Crippen LogP contribution in [0.15, 0.2) is 45.7 Å². The summed E-state index contributed by atoms with van der Waals surface area (Å²) < 4.78 is 7.83. The third-order valence-electron chi connectivity index (χ3n) is 7.12. The van der Waals surface area contributed by atoms with E-state index < -0.39 is 0 Å². The Morgan fingerprint density at radius 3 is 2.71 bits per heavy atom. The Kier molecular flexibility index (Phi) is 5.27. The van der Waals surface area contributed by atoms with Gasteiger partial charge in [-0.25, -0.2) is 4.98 Å². The number of aromatic nitrogens is 3. The van der Waals surface area contributed by atoms with Crippen molar-refractivity contribution in [1.29, 1.82) is 5.26 Å². The molecular formula is C26H26N6O2. The summed E-state index contributed by atoms with van der Waals surface area (Å²) in [5, 5.41) is 17.9. The molecule has 4 heterocycles. The standard InChI is InChI=1S/C26H26N6O2/c27-14-18-11-19-15-29-26(31-24(19)32(25(18)33)21-3-1-2-4-21)30-20-5-6-22-17(12-20)13-23(34-22)16-7-9-28-10-8-16/h5-6,11-13,15-16,21,28H,1-4,7-10H2,(H,29,30,31). The van der Waals surface area contributed by atoms with Crippen molar-refractivity contribution < 1.29 is 4.42 Å². The molecule has 8 nitrogen and oxygen atoms in total. The number of hydrogen-bond donors (Lipinski definition) is 2. The summed E-state index contributed by atoms with van der Waals surface area (Å²) >= 11 is 0. The Labute approximate surface area is 196 Å². The number of piperidine rings is 1. The van der Waals surface area contributed by atoms with Crippen LogP contribution in [0.1, 0.15) is 61.8 Å². The van der Waals surface area contributed by atoms with E-state index in [0.717, 1.165) is 74.0 Å². The van der Waals surface area contributed by atoms with Gasteiger partial charge in [0.2, 0.25) is 5.95 Å². The molecule has 1 aromatic carbocycles. The quantitative estimate of drug-likeness (QED) is 0.459. The topological polar surface area (TPSA) is 109 Å². The maximum Gasteiger partial charge on any atom is 0.270 e. The number of anilines is 2. The SMILES string of the molecule is N#Cc1cc2cnc(Nc3ccc4oc(C5CCNCC5)cc4c3)nc2n(C2CCCC2)c1=O. The molecule has 0 spiro atoms. The van der Waals surface area contributed by atoms with Gasteiger partial charge < -0.3 is 15.1 Å². The van der Waals surface area contributed by atoms with Crippen molar-refractivity contribution in [3.05, 3.63) is 58.2 Å². The largest absolute Gasteiger partial charge is 0.461 e. The van der Waals surface area contributed by atoms with E-state index in [1.807, 2.05) is 24.3 Å². The van der Waals surface area contributed by atoms with E-state index in [2.05, 4.69) is 21.7 Å². The molecule has 0 amide bonds. The zero-order valence-corrected chi connectivity index (χ0v) is 18.9. The van der Waals surface area contributed by atoms with E-state index in [-0.39, 0.29) is 17.2 Å². The van der Waals surface area contributed by atoms with Gasteiger partial charge in [-0.1, -0.05) is 12.8 Å². The van der Waals surface area contributed by atoms with Gasteiger partial charge in [-0.3, -0.25) is 9.36 Å². The van der Waals surface area contributed by atoms with Crippen LogP contribution in [0.4, 0.5) is 11.6 Å². The summed E-state index contributed by atoms with van der Waals surface area (Å²) in [4.78, 5) is 22.2. The fraction of sp³-hybridized carbons (Fsp3) is 0.385. The van der Waals surface area contributed by atoms with E-state index in [4.69, 9.17) is 9.40 Å². The van der Waals surface area contributed by atoms with Crippen LogP contribution in [0.5, 0.6) is 0 Å². The van der Waals surface area contributed by atoms with Crippen molar-refractivity contribution in [1.82, 2.24) is 19.9 Å². The molecule has 0 atom stereocenters. The average Bonchev–Trinajstić information content (AvgIpc) is 3.54. The van der Waals surface area contributed by atoms with Crippen LogP contribution in [0.2, 0.25) is 0 Å². The number of pyridine rings is 1. The van der Waals surface area contributed by atoms with Gasteiger partial charge in [-0.2, -0.15) is 10.2 Å². The molecule has 8 heteroatoms. The van der Waals surface area contributed by atoms with E-state index >= 15 is 0 Å². The molecule has 0 unspecified atom stereocenters. The van der Waals surface area contributed by atoms with Crippen LogP contribution in [0.3, 0.4) is 0 Å². The molecule has 1 aliphatic heterocycles.